The SMILES string of the molecule is C.C.CC.CC.CC.CC.CC1(C)CCc2ccc3c(c2-c2c(ccc4c2CCCC4)CC1)CCCC3. The summed E-state index contributed by atoms with van der Waals surface area (Å²) in [5, 5.41) is 0. The Hall–Kier alpha value is -1.56. The predicted molar refractivity (Wildman–Crippen MR) is 174 cm³/mol. The molecule has 0 unspecified atom stereocenters. The van der Waals surface area contributed by atoms with Crippen molar-refractivity contribution in [1.29, 1.82) is 0 Å². The fraction of sp³-hybridized carbons (Fsp3) is 0.676. The molecule has 214 valence electrons. The second-order valence-electron chi connectivity index (χ2n) is 10.1. The van der Waals surface area contributed by atoms with Crippen molar-refractivity contribution in [2.45, 2.75) is 161 Å². The summed E-state index contributed by atoms with van der Waals surface area (Å²) in [6.45, 7) is 21.0. The molecule has 0 saturated carbocycles. The highest BCUT2D eigenvalue weighted by Crippen LogP contribution is 2.44. The molecule has 0 amide bonds. The minimum Gasteiger partial charge on any atom is -0.0776 e. The van der Waals surface area contributed by atoms with Crippen molar-refractivity contribution in [3.8, 4) is 11.1 Å². The number of aryl methyl sites for hydroxylation is 4. The second kappa shape index (κ2) is 19.5. The van der Waals surface area contributed by atoms with Gasteiger partial charge in [0.25, 0.3) is 0 Å². The Kier molecular flexibility index (Phi) is 19.8. The quantitative estimate of drug-likeness (QED) is 0.330. The molecular weight excluding hydrogens is 444 g/mol. The molecule has 0 nitrogen and oxygen atoms in total. The standard InChI is InChI=1S/C27H34.4C2H6.2CH4/c1-27(2)17-15-21-13-11-19-7-3-5-9-23(19)25(21)26-22(16-18-27)14-12-20-8-4-6-10-24(20)26;4*1-2;;/h11-14H,3-10,15-18H2,1-2H3;4*1-2H3;2*1H4. The van der Waals surface area contributed by atoms with Crippen molar-refractivity contribution >= 4 is 0 Å². The molecule has 37 heavy (non-hydrogen) atoms. The van der Waals surface area contributed by atoms with E-state index in [0.717, 1.165) is 0 Å². The molecule has 0 N–H and O–H groups in total. The van der Waals surface area contributed by atoms with Crippen LogP contribution in [0.25, 0.3) is 11.1 Å². The van der Waals surface area contributed by atoms with E-state index in [1.54, 1.807) is 44.5 Å². The molecule has 0 saturated heterocycles. The molecule has 0 heteroatoms. The highest BCUT2D eigenvalue weighted by atomic mass is 14.3. The Morgan fingerprint density at radius 1 is 0.432 bits per heavy atom. The molecule has 0 radical (unpaired) electrons. The molecule has 0 atom stereocenters. The minimum absolute atomic E-state index is 0. The maximum atomic E-state index is 2.51. The smallest absolute Gasteiger partial charge is 0.0111 e. The third kappa shape index (κ3) is 9.30. The Morgan fingerprint density at radius 3 is 1.08 bits per heavy atom. The lowest BCUT2D eigenvalue weighted by Crippen LogP contribution is -2.13. The van der Waals surface area contributed by atoms with E-state index >= 15 is 0 Å². The van der Waals surface area contributed by atoms with E-state index in [9.17, 15) is 0 Å². The van der Waals surface area contributed by atoms with Crippen molar-refractivity contribution in [3.63, 3.8) is 0 Å². The summed E-state index contributed by atoms with van der Waals surface area (Å²) in [7, 11) is 0. The Morgan fingerprint density at radius 2 is 0.730 bits per heavy atom. The Labute approximate surface area is 235 Å². The van der Waals surface area contributed by atoms with Gasteiger partial charge in [0.15, 0.2) is 0 Å². The number of rotatable bonds is 0. The fourth-order valence-electron chi connectivity index (χ4n) is 5.86. The molecule has 2 aromatic carbocycles. The van der Waals surface area contributed by atoms with Gasteiger partial charge in [0, 0.05) is 0 Å². The Balaban J connectivity index is 0. The van der Waals surface area contributed by atoms with Crippen LogP contribution in [0.4, 0.5) is 0 Å². The van der Waals surface area contributed by atoms with E-state index in [1.807, 2.05) is 55.4 Å². The van der Waals surface area contributed by atoms with Crippen LogP contribution in [0.3, 0.4) is 0 Å². The summed E-state index contributed by atoms with van der Waals surface area (Å²) >= 11 is 0. The van der Waals surface area contributed by atoms with Gasteiger partial charge in [-0.15, -0.1) is 0 Å². The van der Waals surface area contributed by atoms with Gasteiger partial charge in [-0.05, 0) is 127 Å². The van der Waals surface area contributed by atoms with Crippen LogP contribution < -0.4 is 0 Å². The highest BCUT2D eigenvalue weighted by Gasteiger charge is 2.28. The average Bonchev–Trinajstić information content (AvgIpc) is 3.00. The summed E-state index contributed by atoms with van der Waals surface area (Å²) in [6.07, 6.45) is 15.8. The molecular formula is C37H66. The molecule has 0 aromatic heterocycles. The summed E-state index contributed by atoms with van der Waals surface area (Å²) in [5.41, 5.74) is 13.9. The zero-order chi connectivity index (χ0) is 26.4. The maximum absolute atomic E-state index is 2.51. The fourth-order valence-corrected chi connectivity index (χ4v) is 5.86. The topological polar surface area (TPSA) is 0 Å². The average molecular weight is 511 g/mol. The monoisotopic (exact) mass is 511 g/mol. The molecule has 3 aliphatic carbocycles. The third-order valence-corrected chi connectivity index (χ3v) is 7.63. The summed E-state index contributed by atoms with van der Waals surface area (Å²) in [5.74, 6) is 0. The van der Waals surface area contributed by atoms with Crippen molar-refractivity contribution in [1.82, 2.24) is 0 Å². The number of benzene rings is 2. The predicted octanol–water partition coefficient (Wildman–Crippen LogP) is 12.4. The van der Waals surface area contributed by atoms with Gasteiger partial charge in [0.1, 0.15) is 0 Å². The lowest BCUT2D eigenvalue weighted by Gasteiger charge is -2.28. The van der Waals surface area contributed by atoms with Gasteiger partial charge in [-0.2, -0.15) is 0 Å². The summed E-state index contributed by atoms with van der Waals surface area (Å²) in [4.78, 5) is 0. The van der Waals surface area contributed by atoms with E-state index < -0.39 is 0 Å². The van der Waals surface area contributed by atoms with Crippen LogP contribution in [0.2, 0.25) is 0 Å². The Bertz CT molecular complexity index is 797. The zero-order valence-electron chi connectivity index (χ0n) is 25.3. The summed E-state index contributed by atoms with van der Waals surface area (Å²) in [6, 6.07) is 9.97. The van der Waals surface area contributed by atoms with Gasteiger partial charge in [-0.1, -0.05) is 108 Å². The first-order valence-electron chi connectivity index (χ1n) is 15.4. The maximum Gasteiger partial charge on any atom is -0.0111 e. The van der Waals surface area contributed by atoms with Crippen molar-refractivity contribution < 1.29 is 0 Å². The number of hydrogen-bond donors (Lipinski definition) is 0. The van der Waals surface area contributed by atoms with Crippen molar-refractivity contribution in [3.05, 3.63) is 57.6 Å². The van der Waals surface area contributed by atoms with E-state index in [4.69, 9.17) is 0 Å². The van der Waals surface area contributed by atoms with E-state index in [0.29, 0.717) is 5.41 Å². The van der Waals surface area contributed by atoms with Gasteiger partial charge in [0.05, 0.1) is 0 Å². The molecule has 0 spiro atoms. The first kappa shape index (κ1) is 37.6. The first-order valence-corrected chi connectivity index (χ1v) is 15.4. The van der Waals surface area contributed by atoms with Crippen LogP contribution in [0.5, 0.6) is 0 Å². The van der Waals surface area contributed by atoms with Crippen LogP contribution in [0.1, 0.15) is 156 Å². The number of hydrogen-bond acceptors (Lipinski definition) is 0. The third-order valence-electron chi connectivity index (χ3n) is 7.63. The van der Waals surface area contributed by atoms with Gasteiger partial charge in [0.2, 0.25) is 0 Å². The van der Waals surface area contributed by atoms with Crippen LogP contribution in [0.15, 0.2) is 24.3 Å². The van der Waals surface area contributed by atoms with Crippen molar-refractivity contribution in [2.24, 2.45) is 5.41 Å². The molecule has 0 fully saturated rings. The largest absolute Gasteiger partial charge is 0.0776 e. The normalized spacial score (nSPS) is 15.9. The zero-order valence-corrected chi connectivity index (χ0v) is 25.3. The van der Waals surface area contributed by atoms with Gasteiger partial charge >= 0.3 is 0 Å². The van der Waals surface area contributed by atoms with E-state index in [-0.39, 0.29) is 14.9 Å². The molecule has 2 aromatic rings. The summed E-state index contributed by atoms with van der Waals surface area (Å²) < 4.78 is 0. The van der Waals surface area contributed by atoms with E-state index in [2.05, 4.69) is 38.1 Å². The lowest BCUT2D eigenvalue weighted by molar-refractivity contribution is 0.309. The van der Waals surface area contributed by atoms with Gasteiger partial charge in [-0.3, -0.25) is 0 Å². The first-order chi connectivity index (χ1) is 17.1. The molecule has 0 aliphatic heterocycles. The lowest BCUT2D eigenvalue weighted by atomic mass is 9.77. The van der Waals surface area contributed by atoms with Crippen LogP contribution in [-0.4, -0.2) is 0 Å². The van der Waals surface area contributed by atoms with Crippen LogP contribution in [-0.2, 0) is 38.5 Å². The highest BCUT2D eigenvalue weighted by molar-refractivity contribution is 5.80. The molecule has 0 heterocycles. The van der Waals surface area contributed by atoms with Crippen LogP contribution in [0, 0.1) is 5.41 Å². The minimum atomic E-state index is 0. The molecule has 0 bridgehead atoms. The van der Waals surface area contributed by atoms with Crippen LogP contribution >= 0.6 is 0 Å². The molecule has 5 rings (SSSR count). The van der Waals surface area contributed by atoms with E-state index in [1.165, 1.54) is 77.0 Å². The number of fused-ring (bicyclic) bond motifs is 7. The van der Waals surface area contributed by atoms with Crippen molar-refractivity contribution in [2.75, 3.05) is 0 Å². The van der Waals surface area contributed by atoms with Gasteiger partial charge < -0.3 is 0 Å². The van der Waals surface area contributed by atoms with Gasteiger partial charge in [-0.25, -0.2) is 0 Å². The second-order valence-corrected chi connectivity index (χ2v) is 10.1. The molecule has 3 aliphatic rings.